The fourth-order valence-corrected chi connectivity index (χ4v) is 1.78. The van der Waals surface area contributed by atoms with Crippen LogP contribution in [0, 0.1) is 0 Å². The zero-order valence-corrected chi connectivity index (χ0v) is 8.92. The normalized spacial score (nSPS) is 11.8. The van der Waals surface area contributed by atoms with Crippen LogP contribution in [0.4, 0.5) is 0 Å². The monoisotopic (exact) mass is 185 g/mol. The van der Waals surface area contributed by atoms with Crippen LogP contribution in [0.2, 0.25) is 0 Å². The number of rotatable bonds is 5. The van der Waals surface area contributed by atoms with E-state index in [1.54, 1.807) is 0 Å². The van der Waals surface area contributed by atoms with Gasteiger partial charge in [-0.2, -0.15) is 0 Å². The van der Waals surface area contributed by atoms with Crippen molar-refractivity contribution in [3.05, 3.63) is 12.2 Å². The maximum absolute atomic E-state index is 10.8. The molecule has 0 aliphatic rings. The number of likely N-dealkylation sites (N-methyl/N-ethyl adjacent to an activating group) is 1. The third-order valence-corrected chi connectivity index (χ3v) is 2.85. The Bertz CT molecular complexity index is 205. The summed E-state index contributed by atoms with van der Waals surface area (Å²) in [5.74, 6) is -0.905. The Morgan fingerprint density at radius 1 is 1.38 bits per heavy atom. The maximum atomic E-state index is 10.8. The molecule has 0 amide bonds. The molecule has 0 saturated heterocycles. The quantitative estimate of drug-likeness (QED) is 0.663. The highest BCUT2D eigenvalue weighted by atomic mass is 16.4. The van der Waals surface area contributed by atoms with E-state index in [1.807, 2.05) is 32.8 Å². The molecular formula is C10H19NO2. The van der Waals surface area contributed by atoms with Crippen molar-refractivity contribution in [3.8, 4) is 0 Å². The van der Waals surface area contributed by atoms with E-state index in [-0.39, 0.29) is 5.57 Å². The van der Waals surface area contributed by atoms with Crippen LogP contribution < -0.4 is 0 Å². The molecule has 0 aromatic carbocycles. The zero-order chi connectivity index (χ0) is 10.6. The molecule has 1 N–H and O–H groups in total. The Morgan fingerprint density at radius 2 is 1.77 bits per heavy atom. The highest BCUT2D eigenvalue weighted by Crippen LogP contribution is 2.28. The predicted molar refractivity (Wildman–Crippen MR) is 53.8 cm³/mol. The smallest absolute Gasteiger partial charge is 0.332 e. The summed E-state index contributed by atoms with van der Waals surface area (Å²) < 4.78 is 0. The molecular weight excluding hydrogens is 166 g/mol. The predicted octanol–water partition coefficient (Wildman–Crippen LogP) is 1.75. The second kappa shape index (κ2) is 4.42. The van der Waals surface area contributed by atoms with Gasteiger partial charge in [0.05, 0.1) is 5.54 Å². The van der Waals surface area contributed by atoms with Crippen LogP contribution in [0.5, 0.6) is 0 Å². The van der Waals surface area contributed by atoms with Crippen LogP contribution in [0.1, 0.15) is 26.7 Å². The van der Waals surface area contributed by atoms with Crippen molar-refractivity contribution in [3.63, 3.8) is 0 Å². The summed E-state index contributed by atoms with van der Waals surface area (Å²) in [7, 11) is 3.78. The maximum Gasteiger partial charge on any atom is 0.332 e. The fraction of sp³-hybridized carbons (Fsp3) is 0.700. The summed E-state index contributed by atoms with van der Waals surface area (Å²) in [6.45, 7) is 7.62. The first-order valence-electron chi connectivity index (χ1n) is 4.52. The van der Waals surface area contributed by atoms with Crippen LogP contribution in [-0.4, -0.2) is 35.6 Å². The van der Waals surface area contributed by atoms with Gasteiger partial charge in [0.25, 0.3) is 0 Å². The van der Waals surface area contributed by atoms with Crippen molar-refractivity contribution in [2.75, 3.05) is 14.1 Å². The van der Waals surface area contributed by atoms with Crippen molar-refractivity contribution < 1.29 is 9.90 Å². The molecule has 0 aromatic heterocycles. The van der Waals surface area contributed by atoms with Gasteiger partial charge in [0.2, 0.25) is 0 Å². The molecule has 0 aromatic rings. The molecule has 0 heterocycles. The lowest BCUT2D eigenvalue weighted by atomic mass is 9.84. The van der Waals surface area contributed by atoms with Gasteiger partial charge in [0.1, 0.15) is 0 Å². The highest BCUT2D eigenvalue weighted by molar-refractivity contribution is 5.88. The molecule has 0 saturated carbocycles. The topological polar surface area (TPSA) is 40.5 Å². The van der Waals surface area contributed by atoms with Crippen molar-refractivity contribution >= 4 is 5.97 Å². The molecule has 0 unspecified atom stereocenters. The molecule has 0 atom stereocenters. The summed E-state index contributed by atoms with van der Waals surface area (Å²) in [5.41, 5.74) is -0.117. The average Bonchev–Trinajstić information content (AvgIpc) is 2.06. The summed E-state index contributed by atoms with van der Waals surface area (Å²) in [6, 6.07) is 0. The fourth-order valence-electron chi connectivity index (χ4n) is 1.78. The van der Waals surface area contributed by atoms with Gasteiger partial charge >= 0.3 is 5.97 Å². The minimum atomic E-state index is -0.905. The first kappa shape index (κ1) is 12.2. The number of aliphatic carboxylic acids is 1. The minimum Gasteiger partial charge on any atom is -0.478 e. The molecule has 0 fully saturated rings. The molecule has 0 aliphatic heterocycles. The zero-order valence-electron chi connectivity index (χ0n) is 8.92. The van der Waals surface area contributed by atoms with Gasteiger partial charge in [0.15, 0.2) is 0 Å². The van der Waals surface area contributed by atoms with Gasteiger partial charge in [0, 0.05) is 5.57 Å². The van der Waals surface area contributed by atoms with Gasteiger partial charge in [-0.05, 0) is 26.9 Å². The Kier molecular flexibility index (Phi) is 4.14. The van der Waals surface area contributed by atoms with E-state index in [2.05, 4.69) is 6.58 Å². The number of hydrogen-bond acceptors (Lipinski definition) is 2. The summed E-state index contributed by atoms with van der Waals surface area (Å²) in [6.07, 6.45) is 1.53. The van der Waals surface area contributed by atoms with Gasteiger partial charge in [-0.1, -0.05) is 20.4 Å². The van der Waals surface area contributed by atoms with Crippen LogP contribution in [-0.2, 0) is 4.79 Å². The van der Waals surface area contributed by atoms with E-state index >= 15 is 0 Å². The number of hydrogen-bond donors (Lipinski definition) is 1. The van der Waals surface area contributed by atoms with E-state index in [9.17, 15) is 4.79 Å². The van der Waals surface area contributed by atoms with E-state index in [0.717, 1.165) is 12.8 Å². The van der Waals surface area contributed by atoms with Crippen LogP contribution in [0.3, 0.4) is 0 Å². The lowest BCUT2D eigenvalue weighted by Crippen LogP contribution is -2.46. The molecule has 13 heavy (non-hydrogen) atoms. The second-order valence-electron chi connectivity index (χ2n) is 3.42. The summed E-state index contributed by atoms with van der Waals surface area (Å²) in [5, 5.41) is 8.90. The van der Waals surface area contributed by atoms with E-state index in [0.29, 0.717) is 0 Å². The number of carboxylic acids is 1. The Hall–Kier alpha value is -0.830. The third-order valence-electron chi connectivity index (χ3n) is 2.85. The van der Waals surface area contributed by atoms with Crippen LogP contribution in [0.25, 0.3) is 0 Å². The molecule has 76 valence electrons. The summed E-state index contributed by atoms with van der Waals surface area (Å²) >= 11 is 0. The molecule has 0 rings (SSSR count). The molecule has 0 bridgehead atoms. The van der Waals surface area contributed by atoms with E-state index in [4.69, 9.17) is 5.11 Å². The first-order chi connectivity index (χ1) is 5.92. The van der Waals surface area contributed by atoms with Gasteiger partial charge in [-0.3, -0.25) is 4.90 Å². The van der Waals surface area contributed by atoms with Crippen molar-refractivity contribution in [2.24, 2.45) is 0 Å². The van der Waals surface area contributed by atoms with Crippen molar-refractivity contribution in [2.45, 2.75) is 32.2 Å². The number of carboxylic acid groups (broad SMARTS) is 1. The van der Waals surface area contributed by atoms with Gasteiger partial charge in [-0.15, -0.1) is 0 Å². The average molecular weight is 185 g/mol. The standard InChI is InChI=1S/C10H19NO2/c1-6-10(7-2,11(4)5)8(3)9(12)13/h3,6-7H2,1-2,4-5H3,(H,12,13). The Morgan fingerprint density at radius 3 is 1.85 bits per heavy atom. The second-order valence-corrected chi connectivity index (χ2v) is 3.42. The Labute approximate surface area is 80.0 Å². The molecule has 0 radical (unpaired) electrons. The van der Waals surface area contributed by atoms with E-state index in [1.165, 1.54) is 0 Å². The van der Waals surface area contributed by atoms with Gasteiger partial charge < -0.3 is 5.11 Å². The highest BCUT2D eigenvalue weighted by Gasteiger charge is 2.35. The minimum absolute atomic E-state index is 0.280. The Balaban J connectivity index is 4.98. The van der Waals surface area contributed by atoms with Crippen molar-refractivity contribution in [1.82, 2.24) is 4.90 Å². The van der Waals surface area contributed by atoms with Crippen LogP contribution >= 0.6 is 0 Å². The van der Waals surface area contributed by atoms with Crippen molar-refractivity contribution in [1.29, 1.82) is 0 Å². The molecule has 0 aliphatic carbocycles. The lowest BCUT2D eigenvalue weighted by molar-refractivity contribution is -0.134. The number of carbonyl (C=O) groups is 1. The van der Waals surface area contributed by atoms with Crippen LogP contribution in [0.15, 0.2) is 12.2 Å². The molecule has 3 nitrogen and oxygen atoms in total. The molecule has 3 heteroatoms. The van der Waals surface area contributed by atoms with E-state index < -0.39 is 11.5 Å². The first-order valence-corrected chi connectivity index (χ1v) is 4.52. The summed E-state index contributed by atoms with van der Waals surface area (Å²) in [4.78, 5) is 12.8. The largest absolute Gasteiger partial charge is 0.478 e. The SMILES string of the molecule is C=C(C(=O)O)C(CC)(CC)N(C)C. The molecule has 0 spiro atoms. The van der Waals surface area contributed by atoms with Gasteiger partial charge in [-0.25, -0.2) is 4.79 Å². The number of nitrogens with zero attached hydrogens (tertiary/aromatic N) is 1. The third kappa shape index (κ3) is 2.10. The lowest BCUT2D eigenvalue weighted by Gasteiger charge is -2.38.